The maximum atomic E-state index is 9.42. The topological polar surface area (TPSA) is 65.0 Å². The molecule has 3 heterocycles. The predicted molar refractivity (Wildman–Crippen MR) is 227 cm³/mol. The minimum absolute atomic E-state index is 0.394. The van der Waals surface area contributed by atoms with Crippen LogP contribution in [0.5, 0.6) is 0 Å². The molecule has 0 aliphatic rings. The average Bonchev–Trinajstić information content (AvgIpc) is 1.67. The van der Waals surface area contributed by atoms with Gasteiger partial charge in [0.2, 0.25) is 0 Å². The summed E-state index contributed by atoms with van der Waals surface area (Å²) in [5, 5.41) is -1.96. The normalized spacial score (nSPS) is 19.3. The van der Waals surface area contributed by atoms with Crippen molar-refractivity contribution in [1.29, 1.82) is 0 Å². The SMILES string of the molecule is [2H]c1c([2H])c([2H])c(-c2nc(-c3c([2H])c([2H])c(-c4c([2H])c([2H])c5c(oc6c([2H])c([2H])c(-c7c([2H])c([2H])c(-c8c([2H])c([2H])c([2H])c([2H])c8[2H])c([2H])c7[2H])c([2H])c65)c4[2H])c([2H])c3[2H])nc(-c3c([2H])c([2H])c([2H])c4c3oc3c([2H])c([2H])c([2H])c([2H])c34)n2)c([2H])c1[2H]. The van der Waals surface area contributed by atoms with Gasteiger partial charge in [-0.25, -0.2) is 15.0 Å². The van der Waals surface area contributed by atoms with E-state index in [0.29, 0.717) is 0 Å². The zero-order valence-electron chi connectivity index (χ0n) is 58.7. The van der Waals surface area contributed by atoms with Crippen molar-refractivity contribution in [3.8, 4) is 67.5 Å². The number of hydrogen-bond acceptors (Lipinski definition) is 5. The van der Waals surface area contributed by atoms with Crippen molar-refractivity contribution in [2.24, 2.45) is 0 Å². The van der Waals surface area contributed by atoms with Crippen LogP contribution in [0.15, 0.2) is 196 Å². The molecular weight excluding hydrogens is 687 g/mol. The number of hydrogen-bond donors (Lipinski definition) is 0. The van der Waals surface area contributed by atoms with E-state index < -0.39 is 299 Å². The minimum atomic E-state index is -1.07. The van der Waals surface area contributed by atoms with Crippen LogP contribution >= 0.6 is 0 Å². The number of fused-ring (bicyclic) bond motifs is 6. The van der Waals surface area contributed by atoms with E-state index in [0.717, 1.165) is 0 Å². The van der Waals surface area contributed by atoms with Crippen molar-refractivity contribution in [3.05, 3.63) is 187 Å². The molecule has 0 fully saturated rings. The fraction of sp³-hybridized carbons (Fsp3) is 0. The number of benzene rings is 8. The molecule has 0 bridgehead atoms. The van der Waals surface area contributed by atoms with E-state index in [2.05, 4.69) is 15.0 Å². The maximum absolute atomic E-state index is 9.42. The second-order valence-electron chi connectivity index (χ2n) is 11.6. The minimum Gasteiger partial charge on any atom is -0.456 e. The van der Waals surface area contributed by atoms with Crippen molar-refractivity contribution in [3.63, 3.8) is 0 Å². The molecule has 0 aliphatic carbocycles. The summed E-state index contributed by atoms with van der Waals surface area (Å²) in [6, 6.07) is -28.0. The van der Waals surface area contributed by atoms with Crippen LogP contribution in [0.1, 0.15) is 42.5 Å². The van der Waals surface area contributed by atoms with Crippen LogP contribution in [-0.4, -0.2) is 15.0 Å². The van der Waals surface area contributed by atoms with E-state index in [9.17, 15) is 11.0 Å². The maximum Gasteiger partial charge on any atom is 0.167 e. The molecule has 0 aliphatic heterocycles. The van der Waals surface area contributed by atoms with E-state index in [4.69, 9.17) is 40.4 Å². The van der Waals surface area contributed by atoms with E-state index in [1.54, 1.807) is 0 Å². The molecule has 11 aromatic rings. The Morgan fingerprint density at radius 3 is 1.52 bits per heavy atom. The van der Waals surface area contributed by atoms with E-state index >= 15 is 0 Å². The van der Waals surface area contributed by atoms with Crippen LogP contribution in [-0.2, 0) is 0 Å². The quantitative estimate of drug-likeness (QED) is 0.169. The molecule has 0 atom stereocenters. The molecule has 0 radical (unpaired) electrons. The van der Waals surface area contributed by atoms with Gasteiger partial charge >= 0.3 is 0 Å². The van der Waals surface area contributed by atoms with E-state index in [-0.39, 0.29) is 0 Å². The summed E-state index contributed by atoms with van der Waals surface area (Å²) >= 11 is 0. The Hall–Kier alpha value is -7.63. The molecule has 262 valence electrons. The van der Waals surface area contributed by atoms with Gasteiger partial charge in [0.25, 0.3) is 0 Å². The number of rotatable bonds is 6. The van der Waals surface area contributed by atoms with Gasteiger partial charge in [0, 0.05) is 32.7 Å². The first kappa shape index (κ1) is 13.6. The van der Waals surface area contributed by atoms with Crippen molar-refractivity contribution < 1.29 is 51.3 Å². The standard InChI is InChI=1S/C51H31N3O2/c1-3-10-32(11-4-1)33-18-20-34(21-19-33)38-27-29-46-44(30-38)41-28-26-39(31-47(41)55-46)35-22-24-37(25-23-35)50-52-49(36-12-5-2-6-13-36)53-51(54-50)43-16-9-15-42-40-14-7-8-17-45(40)56-48(42)43/h1-31H/i1D,2D,3D,4D,5D,6D,7D,8D,9D,10D,11D,12D,13D,14D,15D,16D,17D,18D,19D,20D,21D,22D,23D,24D,25D,26D,27D,28D,29D,30D,31D. The Labute approximate surface area is 365 Å². The van der Waals surface area contributed by atoms with Crippen molar-refractivity contribution in [2.75, 3.05) is 0 Å². The Morgan fingerprint density at radius 2 is 0.786 bits per heavy atom. The lowest BCUT2D eigenvalue weighted by molar-refractivity contribution is 0.669. The van der Waals surface area contributed by atoms with Crippen LogP contribution in [0.2, 0.25) is 0 Å². The molecule has 11 rings (SSSR count). The average molecular weight is 749 g/mol. The Bertz CT molecular complexity index is 4960. The number of furan rings is 2. The van der Waals surface area contributed by atoms with Crippen molar-refractivity contribution in [2.45, 2.75) is 0 Å². The Morgan fingerprint density at radius 1 is 0.304 bits per heavy atom. The van der Waals surface area contributed by atoms with Gasteiger partial charge in [-0.05, 0) is 69.6 Å². The molecule has 5 heteroatoms. The summed E-state index contributed by atoms with van der Waals surface area (Å²) in [5.41, 5.74) is -9.33. The van der Waals surface area contributed by atoms with Gasteiger partial charge < -0.3 is 8.83 Å². The summed E-state index contributed by atoms with van der Waals surface area (Å²) in [7, 11) is 0. The molecule has 0 unspecified atom stereocenters. The van der Waals surface area contributed by atoms with Crippen LogP contribution in [0, 0.1) is 0 Å². The lowest BCUT2D eigenvalue weighted by atomic mass is 9.98. The highest BCUT2D eigenvalue weighted by atomic mass is 16.3. The second-order valence-corrected chi connectivity index (χ2v) is 11.6. The van der Waals surface area contributed by atoms with Gasteiger partial charge in [0.1, 0.15) is 22.3 Å². The van der Waals surface area contributed by atoms with E-state index in [1.807, 2.05) is 0 Å². The zero-order valence-corrected chi connectivity index (χ0v) is 27.7. The summed E-state index contributed by atoms with van der Waals surface area (Å²) in [6.07, 6.45) is 0. The summed E-state index contributed by atoms with van der Waals surface area (Å²) in [5.74, 6) is -2.52. The van der Waals surface area contributed by atoms with E-state index in [1.165, 1.54) is 0 Å². The molecule has 0 amide bonds. The first-order valence-electron chi connectivity index (χ1n) is 31.7. The highest BCUT2D eigenvalue weighted by molar-refractivity contribution is 6.09. The van der Waals surface area contributed by atoms with Gasteiger partial charge in [-0.2, -0.15) is 0 Å². The highest BCUT2D eigenvalue weighted by Gasteiger charge is 2.18. The van der Waals surface area contributed by atoms with Gasteiger partial charge in [-0.1, -0.05) is 151 Å². The number of nitrogens with zero attached hydrogens (tertiary/aromatic N) is 3. The van der Waals surface area contributed by atoms with Gasteiger partial charge in [-0.3, -0.25) is 0 Å². The third-order valence-electron chi connectivity index (χ3n) is 8.25. The molecular formula is C51H31N3O2. The van der Waals surface area contributed by atoms with Gasteiger partial charge in [0.15, 0.2) is 17.5 Å². The molecule has 0 saturated carbocycles. The molecule has 0 N–H and O–H groups in total. The lowest BCUT2D eigenvalue weighted by Crippen LogP contribution is -2.00. The van der Waals surface area contributed by atoms with Gasteiger partial charge in [0.05, 0.1) is 48.1 Å². The zero-order chi connectivity index (χ0) is 64.0. The Balaban J connectivity index is 1.15. The van der Waals surface area contributed by atoms with Crippen LogP contribution in [0.3, 0.4) is 0 Å². The first-order valence-corrected chi connectivity index (χ1v) is 16.2. The van der Waals surface area contributed by atoms with Crippen LogP contribution in [0.25, 0.3) is 111 Å². The molecule has 56 heavy (non-hydrogen) atoms. The number of aromatic nitrogens is 3. The fourth-order valence-corrected chi connectivity index (χ4v) is 5.69. The number of para-hydroxylation sites is 2. The second kappa shape index (κ2) is 13.0. The molecule has 5 nitrogen and oxygen atoms in total. The molecule has 0 saturated heterocycles. The lowest BCUT2D eigenvalue weighted by Gasteiger charge is -2.09. The highest BCUT2D eigenvalue weighted by Crippen LogP contribution is 2.38. The predicted octanol–water partition coefficient (Wildman–Crippen LogP) is 13.7. The summed E-state index contributed by atoms with van der Waals surface area (Å²) in [4.78, 5) is 12.9. The van der Waals surface area contributed by atoms with Crippen LogP contribution in [0.4, 0.5) is 0 Å². The third kappa shape index (κ3) is 5.53. The van der Waals surface area contributed by atoms with Crippen molar-refractivity contribution in [1.82, 2.24) is 15.0 Å². The van der Waals surface area contributed by atoms with Gasteiger partial charge in [-0.15, -0.1) is 0 Å². The third-order valence-corrected chi connectivity index (χ3v) is 8.25. The fourth-order valence-electron chi connectivity index (χ4n) is 5.69. The smallest absolute Gasteiger partial charge is 0.167 e. The van der Waals surface area contributed by atoms with Crippen LogP contribution < -0.4 is 0 Å². The van der Waals surface area contributed by atoms with Crippen molar-refractivity contribution >= 4 is 43.9 Å². The largest absolute Gasteiger partial charge is 0.456 e. The molecule has 3 aromatic heterocycles. The molecule has 0 spiro atoms. The summed E-state index contributed by atoms with van der Waals surface area (Å²) in [6.45, 7) is 0. The molecule has 8 aromatic carbocycles. The summed E-state index contributed by atoms with van der Waals surface area (Å²) < 4.78 is 285. The Kier molecular flexibility index (Phi) is 3.17. The monoisotopic (exact) mass is 748 g/mol. The first-order chi connectivity index (χ1) is 40.6.